The lowest BCUT2D eigenvalue weighted by molar-refractivity contribution is 1.54. The second-order valence-corrected chi connectivity index (χ2v) is 6.25. The summed E-state index contributed by atoms with van der Waals surface area (Å²) >= 11 is 5.04. The molecule has 0 unspecified atom stereocenters. The molecule has 3 heterocycles. The molecule has 0 N–H and O–H groups in total. The Morgan fingerprint density at radius 3 is 2.88 bits per heavy atom. The highest BCUT2D eigenvalue weighted by molar-refractivity contribution is 7.22. The molecule has 0 aliphatic heterocycles. The minimum atomic E-state index is 0.745. The van der Waals surface area contributed by atoms with E-state index in [4.69, 9.17) is 0 Å². The van der Waals surface area contributed by atoms with Crippen LogP contribution in [0.25, 0.3) is 21.7 Å². The Balaban J connectivity index is 2.12. The van der Waals surface area contributed by atoms with E-state index in [2.05, 4.69) is 22.9 Å². The van der Waals surface area contributed by atoms with E-state index in [1.165, 1.54) is 15.0 Å². The Morgan fingerprint density at radius 1 is 1.18 bits per heavy atom. The Hall–Kier alpha value is -1.41. The van der Waals surface area contributed by atoms with Gasteiger partial charge in [0.1, 0.15) is 6.07 Å². The molecule has 0 aliphatic rings. The van der Waals surface area contributed by atoms with Crippen molar-refractivity contribution in [2.75, 3.05) is 0 Å². The molecule has 3 rings (SSSR count). The van der Waals surface area contributed by atoms with Gasteiger partial charge in [-0.1, -0.05) is 6.07 Å². The van der Waals surface area contributed by atoms with Gasteiger partial charge in [-0.05, 0) is 29.0 Å². The molecule has 82 valence electrons. The molecule has 0 aromatic carbocycles. The predicted octanol–water partition coefficient (Wildman–Crippen LogP) is 5.09. The van der Waals surface area contributed by atoms with Crippen LogP contribution in [-0.2, 0) is 0 Å². The molecular formula is C13H7NS3. The van der Waals surface area contributed by atoms with E-state index in [1.807, 2.05) is 23.6 Å². The number of hydrogen-bond acceptors (Lipinski definition) is 4. The van der Waals surface area contributed by atoms with Gasteiger partial charge in [0.15, 0.2) is 0 Å². The van der Waals surface area contributed by atoms with Crippen LogP contribution < -0.4 is 0 Å². The van der Waals surface area contributed by atoms with Gasteiger partial charge in [-0.15, -0.1) is 34.0 Å². The van der Waals surface area contributed by atoms with Crippen LogP contribution in [0, 0.1) is 11.3 Å². The molecular weight excluding hydrogens is 266 g/mol. The summed E-state index contributed by atoms with van der Waals surface area (Å²) in [6.45, 7) is 0. The highest BCUT2D eigenvalue weighted by Crippen LogP contribution is 2.33. The zero-order valence-corrected chi connectivity index (χ0v) is 11.2. The summed E-state index contributed by atoms with van der Waals surface area (Å²) in [6.07, 6.45) is 1.99. The van der Waals surface area contributed by atoms with Gasteiger partial charge < -0.3 is 0 Å². The Morgan fingerprint density at radius 2 is 2.12 bits per heavy atom. The topological polar surface area (TPSA) is 23.8 Å². The smallest absolute Gasteiger partial charge is 0.101 e. The van der Waals surface area contributed by atoms with Gasteiger partial charge in [0, 0.05) is 25.2 Å². The largest absolute Gasteiger partial charge is 0.192 e. The summed E-state index contributed by atoms with van der Waals surface area (Å²) < 4.78 is 1.30. The second-order valence-electron chi connectivity index (χ2n) is 3.45. The lowest BCUT2D eigenvalue weighted by atomic mass is 10.2. The zero-order chi connectivity index (χ0) is 11.7. The lowest BCUT2D eigenvalue weighted by Crippen LogP contribution is -1.73. The summed E-state index contributed by atoms with van der Waals surface area (Å²) in [6, 6.07) is 8.35. The van der Waals surface area contributed by atoms with E-state index in [1.54, 1.807) is 34.0 Å². The quantitative estimate of drug-likeness (QED) is 0.597. The first-order valence-corrected chi connectivity index (χ1v) is 7.63. The average molecular weight is 273 g/mol. The van der Waals surface area contributed by atoms with Crippen LogP contribution in [0.2, 0.25) is 0 Å². The van der Waals surface area contributed by atoms with Crippen molar-refractivity contribution in [1.29, 1.82) is 5.26 Å². The number of nitriles is 1. The lowest BCUT2D eigenvalue weighted by Gasteiger charge is -1.92. The van der Waals surface area contributed by atoms with Gasteiger partial charge in [0.2, 0.25) is 0 Å². The van der Waals surface area contributed by atoms with Crippen molar-refractivity contribution in [1.82, 2.24) is 0 Å². The van der Waals surface area contributed by atoms with Crippen molar-refractivity contribution in [2.24, 2.45) is 0 Å². The molecule has 0 saturated heterocycles. The summed E-state index contributed by atoms with van der Waals surface area (Å²) in [5, 5.41) is 16.7. The third-order valence-corrected chi connectivity index (χ3v) is 5.30. The first kappa shape index (κ1) is 10.7. The molecule has 0 aliphatic carbocycles. The Bertz CT molecular complexity index is 707. The van der Waals surface area contributed by atoms with Gasteiger partial charge in [-0.3, -0.25) is 0 Å². The van der Waals surface area contributed by atoms with Crippen LogP contribution in [0.1, 0.15) is 9.75 Å². The molecule has 0 spiro atoms. The molecule has 0 amide bonds. The average Bonchev–Trinajstić information content (AvgIpc) is 3.04. The van der Waals surface area contributed by atoms with Gasteiger partial charge in [0.25, 0.3) is 0 Å². The zero-order valence-electron chi connectivity index (χ0n) is 8.71. The van der Waals surface area contributed by atoms with E-state index in [0.717, 1.165) is 10.5 Å². The number of thiophene rings is 3. The van der Waals surface area contributed by atoms with Crippen LogP contribution in [0.15, 0.2) is 34.3 Å². The van der Waals surface area contributed by atoms with E-state index in [-0.39, 0.29) is 0 Å². The predicted molar refractivity (Wildman–Crippen MR) is 77.5 cm³/mol. The number of fused-ring (bicyclic) bond motifs is 1. The maximum Gasteiger partial charge on any atom is 0.101 e. The van der Waals surface area contributed by atoms with Crippen LogP contribution in [-0.4, -0.2) is 0 Å². The molecule has 0 fully saturated rings. The minimum absolute atomic E-state index is 0.745. The molecule has 0 atom stereocenters. The first-order chi connectivity index (χ1) is 8.38. The van der Waals surface area contributed by atoms with E-state index < -0.39 is 0 Å². The minimum Gasteiger partial charge on any atom is -0.192 e. The van der Waals surface area contributed by atoms with Crippen LogP contribution in [0.4, 0.5) is 0 Å². The third kappa shape index (κ3) is 1.93. The number of nitrogens with zero attached hydrogens (tertiary/aromatic N) is 1. The van der Waals surface area contributed by atoms with E-state index in [9.17, 15) is 5.26 Å². The fourth-order valence-corrected chi connectivity index (χ4v) is 4.26. The monoisotopic (exact) mass is 273 g/mol. The molecule has 3 aromatic rings. The summed E-state index contributed by atoms with van der Waals surface area (Å²) in [5.74, 6) is 0. The summed E-state index contributed by atoms with van der Waals surface area (Å²) in [7, 11) is 0. The fraction of sp³-hybridized carbons (Fsp3) is 0. The van der Waals surface area contributed by atoms with Crippen LogP contribution in [0.5, 0.6) is 0 Å². The fourth-order valence-electron chi connectivity index (χ4n) is 1.63. The van der Waals surface area contributed by atoms with Gasteiger partial charge in [0.05, 0.1) is 5.57 Å². The molecule has 4 heteroatoms. The van der Waals surface area contributed by atoms with Crippen molar-refractivity contribution in [2.45, 2.75) is 0 Å². The first-order valence-electron chi connectivity index (χ1n) is 4.99. The summed E-state index contributed by atoms with van der Waals surface area (Å²) in [5.41, 5.74) is 0.745. The molecule has 1 nitrogen and oxygen atoms in total. The van der Waals surface area contributed by atoms with Crippen LogP contribution >= 0.6 is 34.0 Å². The maximum absolute atomic E-state index is 9.21. The third-order valence-electron chi connectivity index (χ3n) is 2.44. The van der Waals surface area contributed by atoms with Gasteiger partial charge in [-0.2, -0.15) is 5.26 Å². The number of hydrogen-bond donors (Lipinski definition) is 0. The summed E-state index contributed by atoms with van der Waals surface area (Å²) in [4.78, 5) is 2.20. The molecule has 0 radical (unpaired) electrons. The van der Waals surface area contributed by atoms with E-state index >= 15 is 0 Å². The highest BCUT2D eigenvalue weighted by Gasteiger charge is 2.06. The maximum atomic E-state index is 9.21. The Kier molecular flexibility index (Phi) is 2.81. The van der Waals surface area contributed by atoms with Gasteiger partial charge >= 0.3 is 0 Å². The van der Waals surface area contributed by atoms with Crippen molar-refractivity contribution < 1.29 is 0 Å². The van der Waals surface area contributed by atoms with E-state index in [0.29, 0.717) is 0 Å². The van der Waals surface area contributed by atoms with Crippen molar-refractivity contribution in [3.63, 3.8) is 0 Å². The Labute approximate surface area is 111 Å². The van der Waals surface area contributed by atoms with Crippen molar-refractivity contribution in [3.8, 4) is 6.07 Å². The van der Waals surface area contributed by atoms with Crippen LogP contribution in [0.3, 0.4) is 0 Å². The van der Waals surface area contributed by atoms with Gasteiger partial charge in [-0.25, -0.2) is 0 Å². The SMILES string of the molecule is N#C/C(=C\c1scc2sccc12)c1cccs1. The van der Waals surface area contributed by atoms with Crippen molar-refractivity contribution in [3.05, 3.63) is 44.1 Å². The molecule has 3 aromatic heterocycles. The standard InChI is InChI=1S/C13H7NS3/c14-7-9(11-2-1-4-15-11)6-12-10-3-5-16-13(10)8-17-12/h1-6,8H/b9-6+. The molecule has 17 heavy (non-hydrogen) atoms. The molecule has 0 bridgehead atoms. The molecule has 0 saturated carbocycles. The normalized spacial score (nSPS) is 11.8. The second kappa shape index (κ2) is 4.46. The number of allylic oxidation sites excluding steroid dienone is 1. The number of rotatable bonds is 2. The van der Waals surface area contributed by atoms with Crippen molar-refractivity contribution >= 4 is 55.7 Å². The highest BCUT2D eigenvalue weighted by atomic mass is 32.1.